The standard InChI is InChI=1S/C11H10BrCl/c1-9-8-11(12)6-5-10(9)4-2-3-7-13/h5-6,8H,3,7H2,1H3. The molecule has 0 aromatic heterocycles. The normalized spacial score (nSPS) is 9.15. The molecule has 0 unspecified atom stereocenters. The van der Waals surface area contributed by atoms with Crippen LogP contribution in [0.4, 0.5) is 0 Å². The summed E-state index contributed by atoms with van der Waals surface area (Å²) < 4.78 is 1.09. The van der Waals surface area contributed by atoms with Crippen molar-refractivity contribution < 1.29 is 0 Å². The second kappa shape index (κ2) is 5.32. The molecule has 0 saturated heterocycles. The number of aryl methyl sites for hydroxylation is 1. The van der Waals surface area contributed by atoms with E-state index >= 15 is 0 Å². The molecule has 1 rings (SSSR count). The van der Waals surface area contributed by atoms with Gasteiger partial charge in [-0.1, -0.05) is 27.8 Å². The summed E-state index contributed by atoms with van der Waals surface area (Å²) in [5, 5.41) is 0. The molecular formula is C11H10BrCl. The highest BCUT2D eigenvalue weighted by Crippen LogP contribution is 2.14. The average molecular weight is 258 g/mol. The third-order valence-corrected chi connectivity index (χ3v) is 2.31. The van der Waals surface area contributed by atoms with Crippen molar-refractivity contribution in [3.8, 4) is 11.8 Å². The first-order valence-electron chi connectivity index (χ1n) is 4.05. The summed E-state index contributed by atoms with van der Waals surface area (Å²) in [6.45, 7) is 2.05. The lowest BCUT2D eigenvalue weighted by molar-refractivity contribution is 1.29. The molecule has 13 heavy (non-hydrogen) atoms. The van der Waals surface area contributed by atoms with Crippen molar-refractivity contribution in [3.63, 3.8) is 0 Å². The summed E-state index contributed by atoms with van der Waals surface area (Å²) in [6.07, 6.45) is 0.747. The van der Waals surface area contributed by atoms with Crippen LogP contribution in [0.5, 0.6) is 0 Å². The van der Waals surface area contributed by atoms with Gasteiger partial charge in [-0.2, -0.15) is 0 Å². The third-order valence-electron chi connectivity index (χ3n) is 1.63. The predicted molar refractivity (Wildman–Crippen MR) is 61.1 cm³/mol. The predicted octanol–water partition coefficient (Wildman–Crippen LogP) is 3.74. The van der Waals surface area contributed by atoms with E-state index in [1.54, 1.807) is 0 Å². The zero-order chi connectivity index (χ0) is 9.68. The van der Waals surface area contributed by atoms with Crippen molar-refractivity contribution in [2.24, 2.45) is 0 Å². The zero-order valence-corrected chi connectivity index (χ0v) is 9.74. The lowest BCUT2D eigenvalue weighted by Gasteiger charge is -1.97. The van der Waals surface area contributed by atoms with Crippen LogP contribution in [-0.4, -0.2) is 5.88 Å². The van der Waals surface area contributed by atoms with E-state index in [9.17, 15) is 0 Å². The van der Waals surface area contributed by atoms with Gasteiger partial charge in [-0.25, -0.2) is 0 Å². The second-order valence-electron chi connectivity index (χ2n) is 2.70. The number of alkyl halides is 1. The molecule has 0 amide bonds. The van der Waals surface area contributed by atoms with Crippen molar-refractivity contribution in [1.29, 1.82) is 0 Å². The average Bonchev–Trinajstić information content (AvgIpc) is 2.09. The zero-order valence-electron chi connectivity index (χ0n) is 7.40. The Hall–Kier alpha value is -0.450. The van der Waals surface area contributed by atoms with E-state index in [0.29, 0.717) is 5.88 Å². The van der Waals surface area contributed by atoms with Crippen molar-refractivity contribution >= 4 is 27.5 Å². The summed E-state index contributed by atoms with van der Waals surface area (Å²) in [4.78, 5) is 0. The van der Waals surface area contributed by atoms with Crippen molar-refractivity contribution in [3.05, 3.63) is 33.8 Å². The molecule has 0 saturated carbocycles. The van der Waals surface area contributed by atoms with E-state index in [1.165, 1.54) is 5.56 Å². The van der Waals surface area contributed by atoms with Crippen LogP contribution in [0.25, 0.3) is 0 Å². The van der Waals surface area contributed by atoms with Crippen molar-refractivity contribution in [1.82, 2.24) is 0 Å². The SMILES string of the molecule is Cc1cc(Br)ccc1C#CCCCl. The fourth-order valence-corrected chi connectivity index (χ4v) is 1.54. The maximum Gasteiger partial charge on any atom is 0.0333 e. The Morgan fingerprint density at radius 1 is 1.46 bits per heavy atom. The molecular weight excluding hydrogens is 247 g/mol. The number of rotatable bonds is 1. The van der Waals surface area contributed by atoms with E-state index < -0.39 is 0 Å². The molecule has 0 heterocycles. The smallest absolute Gasteiger partial charge is 0.0333 e. The summed E-state index contributed by atoms with van der Waals surface area (Å²) >= 11 is 8.93. The highest BCUT2D eigenvalue weighted by atomic mass is 79.9. The van der Waals surface area contributed by atoms with Crippen LogP contribution in [0.1, 0.15) is 17.5 Å². The van der Waals surface area contributed by atoms with E-state index in [1.807, 2.05) is 12.1 Å². The van der Waals surface area contributed by atoms with Gasteiger partial charge in [0.15, 0.2) is 0 Å². The molecule has 1 aromatic rings. The Labute approximate surface area is 92.4 Å². The fourth-order valence-electron chi connectivity index (χ4n) is 0.972. The lowest BCUT2D eigenvalue weighted by Crippen LogP contribution is -1.81. The van der Waals surface area contributed by atoms with E-state index in [0.717, 1.165) is 16.5 Å². The van der Waals surface area contributed by atoms with Crippen molar-refractivity contribution in [2.75, 3.05) is 5.88 Å². The summed E-state index contributed by atoms with van der Waals surface area (Å²) in [7, 11) is 0. The molecule has 0 spiro atoms. The molecule has 2 heteroatoms. The van der Waals surface area contributed by atoms with Crippen LogP contribution in [0.15, 0.2) is 22.7 Å². The van der Waals surface area contributed by atoms with Gasteiger partial charge in [-0.3, -0.25) is 0 Å². The Morgan fingerprint density at radius 2 is 2.23 bits per heavy atom. The lowest BCUT2D eigenvalue weighted by atomic mass is 10.1. The first-order chi connectivity index (χ1) is 6.24. The highest BCUT2D eigenvalue weighted by molar-refractivity contribution is 9.10. The van der Waals surface area contributed by atoms with Gasteiger partial charge in [0, 0.05) is 22.3 Å². The van der Waals surface area contributed by atoms with Crippen LogP contribution < -0.4 is 0 Å². The summed E-state index contributed by atoms with van der Waals surface area (Å²) in [5.41, 5.74) is 2.27. The van der Waals surface area contributed by atoms with Gasteiger partial charge >= 0.3 is 0 Å². The topological polar surface area (TPSA) is 0 Å². The van der Waals surface area contributed by atoms with Gasteiger partial charge in [0.05, 0.1) is 0 Å². The fraction of sp³-hybridized carbons (Fsp3) is 0.273. The molecule has 1 aromatic carbocycles. The Balaban J connectivity index is 2.85. The first-order valence-corrected chi connectivity index (χ1v) is 5.38. The molecule has 0 bridgehead atoms. The van der Waals surface area contributed by atoms with Crippen LogP contribution in [0.2, 0.25) is 0 Å². The molecule has 0 atom stereocenters. The van der Waals surface area contributed by atoms with Crippen LogP contribution >= 0.6 is 27.5 Å². The van der Waals surface area contributed by atoms with Crippen LogP contribution in [0, 0.1) is 18.8 Å². The summed E-state index contributed by atoms with van der Waals surface area (Å²) in [6, 6.07) is 6.07. The van der Waals surface area contributed by atoms with E-state index in [-0.39, 0.29) is 0 Å². The number of hydrogen-bond donors (Lipinski definition) is 0. The molecule has 0 fully saturated rings. The van der Waals surface area contributed by atoms with E-state index in [4.69, 9.17) is 11.6 Å². The number of benzene rings is 1. The minimum absolute atomic E-state index is 0.600. The van der Waals surface area contributed by atoms with Gasteiger partial charge in [-0.15, -0.1) is 11.6 Å². The molecule has 0 radical (unpaired) electrons. The van der Waals surface area contributed by atoms with Gasteiger partial charge in [0.1, 0.15) is 0 Å². The molecule has 0 aliphatic heterocycles. The van der Waals surface area contributed by atoms with Gasteiger partial charge in [0.2, 0.25) is 0 Å². The molecule has 0 aliphatic carbocycles. The Kier molecular flexibility index (Phi) is 4.35. The quantitative estimate of drug-likeness (QED) is 0.531. The minimum atomic E-state index is 0.600. The second-order valence-corrected chi connectivity index (χ2v) is 3.99. The highest BCUT2D eigenvalue weighted by Gasteiger charge is 1.93. The molecule has 0 aliphatic rings. The maximum atomic E-state index is 5.52. The van der Waals surface area contributed by atoms with Gasteiger partial charge in [0.25, 0.3) is 0 Å². The Bertz CT molecular complexity index is 347. The van der Waals surface area contributed by atoms with Crippen molar-refractivity contribution in [2.45, 2.75) is 13.3 Å². The Morgan fingerprint density at radius 3 is 2.85 bits per heavy atom. The summed E-state index contributed by atoms with van der Waals surface area (Å²) in [5.74, 6) is 6.70. The number of halogens is 2. The third kappa shape index (κ3) is 3.42. The van der Waals surface area contributed by atoms with Gasteiger partial charge in [-0.05, 0) is 30.7 Å². The van der Waals surface area contributed by atoms with Crippen LogP contribution in [0.3, 0.4) is 0 Å². The van der Waals surface area contributed by atoms with Crippen LogP contribution in [-0.2, 0) is 0 Å². The first kappa shape index (κ1) is 10.6. The monoisotopic (exact) mass is 256 g/mol. The molecule has 0 nitrogen and oxygen atoms in total. The number of hydrogen-bond acceptors (Lipinski definition) is 0. The van der Waals surface area contributed by atoms with Gasteiger partial charge < -0.3 is 0 Å². The van der Waals surface area contributed by atoms with E-state index in [2.05, 4.69) is 40.8 Å². The molecule has 68 valence electrons. The maximum absolute atomic E-state index is 5.52. The largest absolute Gasteiger partial charge is 0.126 e. The molecule has 0 N–H and O–H groups in total. The minimum Gasteiger partial charge on any atom is -0.126 e.